The molecule has 6 heteroatoms. The van der Waals surface area contributed by atoms with Crippen LogP contribution in [0.1, 0.15) is 42.3 Å². The standard InChI is InChI=1S/C15H16N2O4/c1-3-10(2)11-6-4-5-7-12(11)16-15(18)13-8-9-14(21-13)17(19)20/h4-10H,3H2,1-2H3,(H,16,18). The van der Waals surface area contributed by atoms with Crippen molar-refractivity contribution in [1.82, 2.24) is 0 Å². The van der Waals surface area contributed by atoms with Crippen molar-refractivity contribution in [3.05, 3.63) is 57.8 Å². The third kappa shape index (κ3) is 3.28. The van der Waals surface area contributed by atoms with Crippen LogP contribution < -0.4 is 5.32 Å². The number of amides is 1. The molecule has 21 heavy (non-hydrogen) atoms. The quantitative estimate of drug-likeness (QED) is 0.666. The van der Waals surface area contributed by atoms with E-state index < -0.39 is 16.7 Å². The number of hydrogen-bond donors (Lipinski definition) is 1. The number of nitrogens with zero attached hydrogens (tertiary/aromatic N) is 1. The Kier molecular flexibility index (Phi) is 4.37. The number of nitrogens with one attached hydrogen (secondary N) is 1. The molecule has 0 spiro atoms. The molecule has 110 valence electrons. The van der Waals surface area contributed by atoms with E-state index in [2.05, 4.69) is 19.2 Å². The molecule has 1 unspecified atom stereocenters. The molecule has 1 N–H and O–H groups in total. The van der Waals surface area contributed by atoms with E-state index in [0.717, 1.165) is 18.1 Å². The highest BCUT2D eigenvalue weighted by Crippen LogP contribution is 2.27. The zero-order chi connectivity index (χ0) is 15.4. The number of anilines is 1. The fourth-order valence-electron chi connectivity index (χ4n) is 1.99. The Morgan fingerprint density at radius 1 is 1.33 bits per heavy atom. The van der Waals surface area contributed by atoms with Gasteiger partial charge in [0.25, 0.3) is 5.91 Å². The summed E-state index contributed by atoms with van der Waals surface area (Å²) in [6.45, 7) is 4.14. The van der Waals surface area contributed by atoms with E-state index in [1.54, 1.807) is 6.07 Å². The SMILES string of the molecule is CCC(C)c1ccccc1NC(=O)c1ccc([N+](=O)[O-])o1. The monoisotopic (exact) mass is 288 g/mol. The summed E-state index contributed by atoms with van der Waals surface area (Å²) in [6.07, 6.45) is 0.944. The maximum atomic E-state index is 12.1. The van der Waals surface area contributed by atoms with Crippen LogP contribution >= 0.6 is 0 Å². The number of rotatable bonds is 5. The molecule has 1 amide bonds. The van der Waals surface area contributed by atoms with Crippen molar-refractivity contribution < 1.29 is 14.1 Å². The highest BCUT2D eigenvalue weighted by molar-refractivity contribution is 6.02. The van der Waals surface area contributed by atoms with Crippen LogP contribution in [0.3, 0.4) is 0 Å². The van der Waals surface area contributed by atoms with Crippen LogP contribution in [0.4, 0.5) is 11.6 Å². The summed E-state index contributed by atoms with van der Waals surface area (Å²) in [7, 11) is 0. The van der Waals surface area contributed by atoms with Gasteiger partial charge in [-0.05, 0) is 30.0 Å². The molecule has 0 aliphatic heterocycles. The molecule has 2 rings (SSSR count). The van der Waals surface area contributed by atoms with Gasteiger partial charge in [0.05, 0.1) is 6.07 Å². The molecular formula is C15H16N2O4. The number of carbonyl (C=O) groups excluding carboxylic acids is 1. The number of furan rings is 1. The maximum Gasteiger partial charge on any atom is 0.433 e. The predicted molar refractivity (Wildman–Crippen MR) is 78.5 cm³/mol. The lowest BCUT2D eigenvalue weighted by Gasteiger charge is -2.14. The van der Waals surface area contributed by atoms with Gasteiger partial charge in [0, 0.05) is 5.69 Å². The van der Waals surface area contributed by atoms with Crippen molar-refractivity contribution in [2.24, 2.45) is 0 Å². The minimum atomic E-state index is -0.677. The molecule has 2 aromatic rings. The Hall–Kier alpha value is -2.63. The number of hydrogen-bond acceptors (Lipinski definition) is 4. The molecule has 0 saturated heterocycles. The summed E-state index contributed by atoms with van der Waals surface area (Å²) in [5.41, 5.74) is 1.71. The van der Waals surface area contributed by atoms with Gasteiger partial charge in [-0.25, -0.2) is 0 Å². The summed E-state index contributed by atoms with van der Waals surface area (Å²) in [5, 5.41) is 13.3. The van der Waals surface area contributed by atoms with Gasteiger partial charge in [-0.1, -0.05) is 32.0 Å². The molecule has 1 heterocycles. The lowest BCUT2D eigenvalue weighted by molar-refractivity contribution is -0.402. The number of para-hydroxylation sites is 1. The third-order valence-corrected chi connectivity index (χ3v) is 3.35. The first kappa shape index (κ1) is 14.8. The second kappa shape index (κ2) is 6.21. The fraction of sp³-hybridized carbons (Fsp3) is 0.267. The molecular weight excluding hydrogens is 272 g/mol. The Bertz CT molecular complexity index is 663. The molecule has 0 fully saturated rings. The molecule has 1 aromatic carbocycles. The second-order valence-corrected chi connectivity index (χ2v) is 4.75. The normalized spacial score (nSPS) is 11.9. The van der Waals surface area contributed by atoms with Crippen molar-refractivity contribution in [3.63, 3.8) is 0 Å². The highest BCUT2D eigenvalue weighted by Gasteiger charge is 2.18. The number of nitro groups is 1. The first-order valence-electron chi connectivity index (χ1n) is 6.67. The van der Waals surface area contributed by atoms with Gasteiger partial charge in [-0.15, -0.1) is 0 Å². The minimum absolute atomic E-state index is 0.0827. The summed E-state index contributed by atoms with van der Waals surface area (Å²) in [6, 6.07) is 9.95. The van der Waals surface area contributed by atoms with Crippen molar-refractivity contribution in [1.29, 1.82) is 0 Å². The molecule has 0 radical (unpaired) electrons. The van der Waals surface area contributed by atoms with Crippen LogP contribution in [-0.2, 0) is 0 Å². The van der Waals surface area contributed by atoms with E-state index in [1.807, 2.05) is 18.2 Å². The van der Waals surface area contributed by atoms with Crippen LogP contribution in [0.2, 0.25) is 0 Å². The molecule has 0 aliphatic rings. The Morgan fingerprint density at radius 2 is 2.05 bits per heavy atom. The molecule has 6 nitrogen and oxygen atoms in total. The third-order valence-electron chi connectivity index (χ3n) is 3.35. The van der Waals surface area contributed by atoms with Crippen LogP contribution in [0.15, 0.2) is 40.8 Å². The van der Waals surface area contributed by atoms with Gasteiger partial charge >= 0.3 is 5.88 Å². The summed E-state index contributed by atoms with van der Waals surface area (Å²) in [5.74, 6) is -0.734. The average molecular weight is 288 g/mol. The average Bonchev–Trinajstić information content (AvgIpc) is 2.97. The van der Waals surface area contributed by atoms with E-state index in [9.17, 15) is 14.9 Å². The van der Waals surface area contributed by atoms with E-state index in [-0.39, 0.29) is 5.76 Å². The van der Waals surface area contributed by atoms with Gasteiger partial charge in [-0.3, -0.25) is 14.9 Å². The first-order valence-corrected chi connectivity index (χ1v) is 6.67. The Labute approximate surface area is 121 Å². The summed E-state index contributed by atoms with van der Waals surface area (Å²) >= 11 is 0. The zero-order valence-electron chi connectivity index (χ0n) is 11.8. The molecule has 0 aliphatic carbocycles. The van der Waals surface area contributed by atoms with Gasteiger partial charge in [-0.2, -0.15) is 0 Å². The lowest BCUT2D eigenvalue weighted by atomic mass is 9.97. The van der Waals surface area contributed by atoms with Gasteiger partial charge in [0.1, 0.15) is 4.92 Å². The number of benzene rings is 1. The topological polar surface area (TPSA) is 85.4 Å². The summed E-state index contributed by atoms with van der Waals surface area (Å²) < 4.78 is 4.89. The van der Waals surface area contributed by atoms with Crippen molar-refractivity contribution in [3.8, 4) is 0 Å². The summed E-state index contributed by atoms with van der Waals surface area (Å²) in [4.78, 5) is 22.0. The van der Waals surface area contributed by atoms with Crippen LogP contribution in [0.25, 0.3) is 0 Å². The molecule has 0 bridgehead atoms. The highest BCUT2D eigenvalue weighted by atomic mass is 16.6. The van der Waals surface area contributed by atoms with E-state index in [1.165, 1.54) is 6.07 Å². The molecule has 1 atom stereocenters. The first-order chi connectivity index (χ1) is 10.0. The van der Waals surface area contributed by atoms with Gasteiger partial charge in [0.2, 0.25) is 0 Å². The predicted octanol–water partition coefficient (Wildman–Crippen LogP) is 3.95. The molecule has 1 aromatic heterocycles. The maximum absolute atomic E-state index is 12.1. The van der Waals surface area contributed by atoms with Crippen LogP contribution in [-0.4, -0.2) is 10.8 Å². The smallest absolute Gasteiger partial charge is 0.395 e. The largest absolute Gasteiger partial charge is 0.433 e. The van der Waals surface area contributed by atoms with Gasteiger partial charge < -0.3 is 9.73 Å². The van der Waals surface area contributed by atoms with Crippen molar-refractivity contribution in [2.45, 2.75) is 26.2 Å². The number of carbonyl (C=O) groups is 1. The minimum Gasteiger partial charge on any atom is -0.395 e. The van der Waals surface area contributed by atoms with E-state index in [0.29, 0.717) is 11.6 Å². The van der Waals surface area contributed by atoms with E-state index in [4.69, 9.17) is 4.42 Å². The zero-order valence-corrected chi connectivity index (χ0v) is 11.8. The Morgan fingerprint density at radius 3 is 2.67 bits per heavy atom. The lowest BCUT2D eigenvalue weighted by Crippen LogP contribution is -2.13. The fourth-order valence-corrected chi connectivity index (χ4v) is 1.99. The van der Waals surface area contributed by atoms with E-state index >= 15 is 0 Å². The second-order valence-electron chi connectivity index (χ2n) is 4.75. The van der Waals surface area contributed by atoms with Crippen molar-refractivity contribution >= 4 is 17.5 Å². The van der Waals surface area contributed by atoms with Crippen LogP contribution in [0, 0.1) is 10.1 Å². The van der Waals surface area contributed by atoms with Gasteiger partial charge in [0.15, 0.2) is 5.76 Å². The van der Waals surface area contributed by atoms with Crippen LogP contribution in [0.5, 0.6) is 0 Å². The Balaban J connectivity index is 2.21. The van der Waals surface area contributed by atoms with Crippen molar-refractivity contribution in [2.75, 3.05) is 5.32 Å². The molecule has 0 saturated carbocycles.